The van der Waals surface area contributed by atoms with Gasteiger partial charge in [0.1, 0.15) is 0 Å². The number of ether oxygens (including phenoxy) is 3. The van der Waals surface area contributed by atoms with Gasteiger partial charge < -0.3 is 19.5 Å². The Labute approximate surface area is 159 Å². The molecule has 0 saturated heterocycles. The number of hydrogen-bond acceptors (Lipinski definition) is 5. The van der Waals surface area contributed by atoms with Gasteiger partial charge in [-0.3, -0.25) is 9.59 Å². The van der Waals surface area contributed by atoms with Gasteiger partial charge in [0.05, 0.1) is 14.2 Å². The second-order valence-electron chi connectivity index (χ2n) is 6.13. The third-order valence-electron chi connectivity index (χ3n) is 4.15. The van der Waals surface area contributed by atoms with E-state index in [1.54, 1.807) is 33.3 Å². The first kappa shape index (κ1) is 20.3. The molecule has 0 saturated carbocycles. The number of nitrogens with one attached hydrogen (secondary N) is 1. The molecule has 2 aromatic rings. The zero-order valence-electron chi connectivity index (χ0n) is 16.1. The fraction of sp³-hybridized carbons (Fsp3) is 0.333. The van der Waals surface area contributed by atoms with Gasteiger partial charge in [-0.15, -0.1) is 0 Å². The predicted molar refractivity (Wildman–Crippen MR) is 103 cm³/mol. The van der Waals surface area contributed by atoms with Crippen LogP contribution in [0.15, 0.2) is 42.5 Å². The molecule has 1 amide bonds. The van der Waals surface area contributed by atoms with Gasteiger partial charge in [0.2, 0.25) is 0 Å². The van der Waals surface area contributed by atoms with E-state index in [-0.39, 0.29) is 12.3 Å². The van der Waals surface area contributed by atoms with Crippen molar-refractivity contribution in [2.24, 2.45) is 0 Å². The first-order chi connectivity index (χ1) is 12.9. The lowest BCUT2D eigenvalue weighted by molar-refractivity contribution is -0.153. The molecule has 144 valence electrons. The molecule has 6 heteroatoms. The van der Waals surface area contributed by atoms with Crippen LogP contribution in [0.4, 0.5) is 5.69 Å². The fourth-order valence-electron chi connectivity index (χ4n) is 2.54. The highest BCUT2D eigenvalue weighted by atomic mass is 16.5. The number of esters is 1. The number of hydrogen-bond donors (Lipinski definition) is 1. The third kappa shape index (κ3) is 5.74. The number of para-hydroxylation sites is 1. The Kier molecular flexibility index (Phi) is 7.23. The molecule has 1 unspecified atom stereocenters. The van der Waals surface area contributed by atoms with Crippen molar-refractivity contribution < 1.29 is 23.8 Å². The molecule has 0 bridgehead atoms. The largest absolute Gasteiger partial charge is 0.493 e. The molecule has 2 rings (SSSR count). The van der Waals surface area contributed by atoms with E-state index in [9.17, 15) is 9.59 Å². The van der Waals surface area contributed by atoms with Gasteiger partial charge >= 0.3 is 5.97 Å². The smallest absolute Gasteiger partial charge is 0.306 e. The minimum atomic E-state index is -0.873. The second-order valence-corrected chi connectivity index (χ2v) is 6.13. The summed E-state index contributed by atoms with van der Waals surface area (Å²) in [6.07, 6.45) is -0.231. The molecular formula is C21H25NO5. The first-order valence-corrected chi connectivity index (χ1v) is 8.71. The summed E-state index contributed by atoms with van der Waals surface area (Å²) in [7, 11) is 3.13. The van der Waals surface area contributed by atoms with Gasteiger partial charge in [0.25, 0.3) is 5.91 Å². The molecule has 1 N–H and O–H groups in total. The van der Waals surface area contributed by atoms with Crippen molar-refractivity contribution in [2.45, 2.75) is 32.8 Å². The summed E-state index contributed by atoms with van der Waals surface area (Å²) >= 11 is 0. The van der Waals surface area contributed by atoms with Crippen molar-refractivity contribution in [1.29, 1.82) is 0 Å². The normalized spacial score (nSPS) is 11.4. The quantitative estimate of drug-likeness (QED) is 0.719. The van der Waals surface area contributed by atoms with Gasteiger partial charge in [-0.1, -0.05) is 24.3 Å². The van der Waals surface area contributed by atoms with E-state index < -0.39 is 12.1 Å². The van der Waals surface area contributed by atoms with E-state index >= 15 is 0 Å². The van der Waals surface area contributed by atoms with Crippen LogP contribution in [-0.4, -0.2) is 32.2 Å². The molecule has 2 aromatic carbocycles. The van der Waals surface area contributed by atoms with Crippen LogP contribution in [0.25, 0.3) is 0 Å². The molecule has 0 aliphatic heterocycles. The minimum Gasteiger partial charge on any atom is -0.493 e. The lowest BCUT2D eigenvalue weighted by Gasteiger charge is -2.15. The fourth-order valence-corrected chi connectivity index (χ4v) is 2.54. The van der Waals surface area contributed by atoms with E-state index in [4.69, 9.17) is 14.2 Å². The monoisotopic (exact) mass is 371 g/mol. The lowest BCUT2D eigenvalue weighted by Crippen LogP contribution is -2.30. The number of benzene rings is 2. The van der Waals surface area contributed by atoms with Crippen LogP contribution in [0.2, 0.25) is 0 Å². The number of rotatable bonds is 8. The maximum Gasteiger partial charge on any atom is 0.306 e. The topological polar surface area (TPSA) is 73.9 Å². The average Bonchev–Trinajstić information content (AvgIpc) is 2.67. The van der Waals surface area contributed by atoms with Crippen molar-refractivity contribution in [2.75, 3.05) is 19.5 Å². The summed E-state index contributed by atoms with van der Waals surface area (Å²) in [5, 5.41) is 2.77. The van der Waals surface area contributed by atoms with Crippen LogP contribution in [0.3, 0.4) is 0 Å². The Bertz CT molecular complexity index is 803. The van der Waals surface area contributed by atoms with E-state index in [0.29, 0.717) is 23.6 Å². The number of methoxy groups -OCH3 is 2. The lowest BCUT2D eigenvalue weighted by atomic mass is 10.1. The number of carbonyl (C=O) groups excluding carboxylic acids is 2. The molecule has 27 heavy (non-hydrogen) atoms. The van der Waals surface area contributed by atoms with Crippen LogP contribution >= 0.6 is 0 Å². The van der Waals surface area contributed by atoms with Crippen molar-refractivity contribution >= 4 is 17.6 Å². The average molecular weight is 371 g/mol. The van der Waals surface area contributed by atoms with Crippen molar-refractivity contribution in [3.8, 4) is 11.5 Å². The SMILES string of the molecule is COc1ccc(CCC(=O)OC(C)C(=O)Nc2ccccc2C)cc1OC. The molecule has 0 aromatic heterocycles. The maximum atomic E-state index is 12.2. The number of amides is 1. The molecule has 0 aliphatic carbocycles. The summed E-state index contributed by atoms with van der Waals surface area (Å²) in [5.41, 5.74) is 2.56. The third-order valence-corrected chi connectivity index (χ3v) is 4.15. The van der Waals surface area contributed by atoms with Crippen LogP contribution in [0.5, 0.6) is 11.5 Å². The van der Waals surface area contributed by atoms with Crippen LogP contribution in [0.1, 0.15) is 24.5 Å². The zero-order valence-corrected chi connectivity index (χ0v) is 16.1. The van der Waals surface area contributed by atoms with Gasteiger partial charge in [0.15, 0.2) is 17.6 Å². The molecule has 0 radical (unpaired) electrons. The van der Waals surface area contributed by atoms with Gasteiger partial charge in [0, 0.05) is 12.1 Å². The Morgan fingerprint density at radius 3 is 2.41 bits per heavy atom. The van der Waals surface area contributed by atoms with Crippen molar-refractivity contribution in [3.05, 3.63) is 53.6 Å². The van der Waals surface area contributed by atoms with E-state index in [0.717, 1.165) is 11.1 Å². The standard InChI is InChI=1S/C21H25NO5/c1-14-7-5-6-8-17(14)22-21(24)15(2)27-20(23)12-10-16-9-11-18(25-3)19(13-16)26-4/h5-9,11,13,15H,10,12H2,1-4H3,(H,22,24). The number of aryl methyl sites for hydroxylation is 2. The van der Waals surface area contributed by atoms with E-state index in [1.165, 1.54) is 0 Å². The van der Waals surface area contributed by atoms with Gasteiger partial charge in [-0.2, -0.15) is 0 Å². The Morgan fingerprint density at radius 2 is 1.74 bits per heavy atom. The molecule has 1 atom stereocenters. The predicted octanol–water partition coefficient (Wildman–Crippen LogP) is 3.52. The summed E-state index contributed by atoms with van der Waals surface area (Å²) in [5.74, 6) is 0.445. The van der Waals surface area contributed by atoms with Crippen molar-refractivity contribution in [3.63, 3.8) is 0 Å². The highest BCUT2D eigenvalue weighted by Crippen LogP contribution is 2.28. The Balaban J connectivity index is 1.86. The molecule has 6 nitrogen and oxygen atoms in total. The summed E-state index contributed by atoms with van der Waals surface area (Å²) < 4.78 is 15.7. The molecule has 0 spiro atoms. The summed E-state index contributed by atoms with van der Waals surface area (Å²) in [6, 6.07) is 12.9. The highest BCUT2D eigenvalue weighted by Gasteiger charge is 2.18. The maximum absolute atomic E-state index is 12.2. The molecule has 0 fully saturated rings. The van der Waals surface area contributed by atoms with Crippen molar-refractivity contribution in [1.82, 2.24) is 0 Å². The molecule has 0 heterocycles. The van der Waals surface area contributed by atoms with Gasteiger partial charge in [-0.25, -0.2) is 0 Å². The number of carbonyl (C=O) groups is 2. The van der Waals surface area contributed by atoms with Gasteiger partial charge in [-0.05, 0) is 49.6 Å². The minimum absolute atomic E-state index is 0.164. The molecule has 0 aliphatic rings. The van der Waals surface area contributed by atoms with Crippen LogP contribution in [0, 0.1) is 6.92 Å². The highest BCUT2D eigenvalue weighted by molar-refractivity contribution is 5.95. The summed E-state index contributed by atoms with van der Waals surface area (Å²) in [4.78, 5) is 24.3. The van der Waals surface area contributed by atoms with Crippen LogP contribution < -0.4 is 14.8 Å². The first-order valence-electron chi connectivity index (χ1n) is 8.71. The zero-order chi connectivity index (χ0) is 19.8. The van der Waals surface area contributed by atoms with E-state index in [2.05, 4.69) is 5.32 Å². The Morgan fingerprint density at radius 1 is 1.04 bits per heavy atom. The second kappa shape index (κ2) is 9.62. The van der Waals surface area contributed by atoms with E-state index in [1.807, 2.05) is 37.3 Å². The molecular weight excluding hydrogens is 346 g/mol. The number of anilines is 1. The summed E-state index contributed by atoms with van der Waals surface area (Å²) in [6.45, 7) is 3.46. The Hall–Kier alpha value is -3.02. The van der Waals surface area contributed by atoms with Crippen LogP contribution in [-0.2, 0) is 20.7 Å².